The number of halogens is 1. The SMILES string of the molecule is CCOc1ccc(Cc2cc(C34OCC(CO)(O3)[C@@H](OCc3ccccc3)[C@H](OCc3ccccc3)C4OCc3ccccc3)ccc2Cl)cc1. The maximum atomic E-state index is 11.1. The van der Waals surface area contributed by atoms with E-state index >= 15 is 0 Å². The average molecular weight is 707 g/mol. The van der Waals surface area contributed by atoms with E-state index in [0.717, 1.165) is 39.1 Å². The number of ether oxygens (including phenoxy) is 6. The van der Waals surface area contributed by atoms with Crippen LogP contribution in [0.25, 0.3) is 0 Å². The third kappa shape index (κ3) is 7.76. The fourth-order valence-electron chi connectivity index (χ4n) is 6.95. The molecular formula is C43H43ClO7. The standard InChI is InChI=1S/C43H43ClO7/c1-2-46-37-21-18-31(19-22-37)24-35-25-36(20-23-38(35)44)43-41(49-28-34-16-10-5-11-17-34)39(47-26-32-12-6-3-7-13-32)40(42(29-45,51-43)30-50-43)48-27-33-14-8-4-9-15-33/h3-23,25,39-41,45H,2,24,26-30H2,1H3/t39-,40-,41?,42?,43?/m0/s1. The minimum Gasteiger partial charge on any atom is -0.494 e. The molecule has 264 valence electrons. The summed E-state index contributed by atoms with van der Waals surface area (Å²) < 4.78 is 39.9. The molecule has 0 radical (unpaired) electrons. The van der Waals surface area contributed by atoms with E-state index in [4.69, 9.17) is 40.0 Å². The van der Waals surface area contributed by atoms with Crippen molar-refractivity contribution < 1.29 is 33.5 Å². The minimum absolute atomic E-state index is 0.0657. The molecule has 7 nitrogen and oxygen atoms in total. The molecule has 2 saturated heterocycles. The van der Waals surface area contributed by atoms with Gasteiger partial charge >= 0.3 is 0 Å². The first-order valence-electron chi connectivity index (χ1n) is 17.4. The van der Waals surface area contributed by atoms with Crippen LogP contribution in [0.5, 0.6) is 5.75 Å². The summed E-state index contributed by atoms with van der Waals surface area (Å²) in [4.78, 5) is 0. The predicted molar refractivity (Wildman–Crippen MR) is 195 cm³/mol. The number of benzene rings is 5. The zero-order valence-electron chi connectivity index (χ0n) is 28.7. The number of fused-ring (bicyclic) bond motifs is 2. The summed E-state index contributed by atoms with van der Waals surface area (Å²) in [5.74, 6) is -0.622. The van der Waals surface area contributed by atoms with Gasteiger partial charge in [0.2, 0.25) is 5.79 Å². The Morgan fingerprint density at radius 2 is 1.25 bits per heavy atom. The van der Waals surface area contributed by atoms with Crippen molar-refractivity contribution in [1.82, 2.24) is 0 Å². The maximum Gasteiger partial charge on any atom is 0.225 e. The number of aliphatic hydroxyl groups excluding tert-OH is 1. The van der Waals surface area contributed by atoms with Gasteiger partial charge in [0.05, 0.1) is 39.6 Å². The first kappa shape index (κ1) is 35.4. The van der Waals surface area contributed by atoms with Crippen molar-refractivity contribution in [3.05, 3.63) is 172 Å². The molecule has 2 aliphatic rings. The number of hydrogen-bond donors (Lipinski definition) is 1. The average Bonchev–Trinajstić information content (AvgIpc) is 3.54. The van der Waals surface area contributed by atoms with Gasteiger partial charge in [-0.1, -0.05) is 121 Å². The first-order chi connectivity index (χ1) is 25.0. The Balaban J connectivity index is 1.28. The molecule has 2 heterocycles. The van der Waals surface area contributed by atoms with Crippen LogP contribution in [-0.4, -0.2) is 48.8 Å². The highest BCUT2D eigenvalue weighted by molar-refractivity contribution is 6.31. The molecule has 5 atom stereocenters. The van der Waals surface area contributed by atoms with Gasteiger partial charge in [-0.25, -0.2) is 0 Å². The van der Waals surface area contributed by atoms with E-state index in [0.29, 0.717) is 24.7 Å². The maximum absolute atomic E-state index is 11.1. The molecule has 0 aromatic heterocycles. The van der Waals surface area contributed by atoms with Gasteiger partial charge in [0.25, 0.3) is 0 Å². The summed E-state index contributed by atoms with van der Waals surface area (Å²) in [7, 11) is 0. The van der Waals surface area contributed by atoms with Gasteiger partial charge in [0, 0.05) is 10.6 Å². The second kappa shape index (κ2) is 16.1. The summed E-state index contributed by atoms with van der Waals surface area (Å²) in [5.41, 5.74) is 4.42. The summed E-state index contributed by atoms with van der Waals surface area (Å²) in [6.07, 6.45) is -1.67. The Morgan fingerprint density at radius 3 is 1.82 bits per heavy atom. The second-order valence-electron chi connectivity index (χ2n) is 13.0. The highest BCUT2D eigenvalue weighted by Gasteiger charge is 2.69. The summed E-state index contributed by atoms with van der Waals surface area (Å²) in [6.45, 7) is 3.14. The van der Waals surface area contributed by atoms with Crippen molar-refractivity contribution >= 4 is 11.6 Å². The van der Waals surface area contributed by atoms with Gasteiger partial charge in [-0.05, 0) is 65.4 Å². The van der Waals surface area contributed by atoms with Crippen LogP contribution < -0.4 is 4.74 Å². The molecule has 2 bridgehead atoms. The lowest BCUT2D eigenvalue weighted by Gasteiger charge is -2.50. The van der Waals surface area contributed by atoms with Crippen LogP contribution in [0.4, 0.5) is 0 Å². The minimum atomic E-state index is -1.44. The van der Waals surface area contributed by atoms with Gasteiger partial charge < -0.3 is 33.5 Å². The fourth-order valence-corrected chi connectivity index (χ4v) is 7.13. The Labute approximate surface area is 304 Å². The molecule has 8 heteroatoms. The van der Waals surface area contributed by atoms with Gasteiger partial charge in [-0.2, -0.15) is 0 Å². The molecule has 1 N–H and O–H groups in total. The molecule has 0 spiro atoms. The highest BCUT2D eigenvalue weighted by Crippen LogP contribution is 2.53. The van der Waals surface area contributed by atoms with Gasteiger partial charge in [-0.15, -0.1) is 0 Å². The monoisotopic (exact) mass is 706 g/mol. The normalized spacial score (nSPS) is 24.0. The van der Waals surface area contributed by atoms with Crippen molar-refractivity contribution in [3.8, 4) is 5.75 Å². The Hall–Kier alpha value is -4.05. The lowest BCUT2D eigenvalue weighted by atomic mass is 9.83. The zero-order valence-corrected chi connectivity index (χ0v) is 29.4. The lowest BCUT2D eigenvalue weighted by Crippen LogP contribution is -2.67. The molecule has 5 aromatic rings. The third-order valence-electron chi connectivity index (χ3n) is 9.55. The largest absolute Gasteiger partial charge is 0.494 e. The molecule has 0 aliphatic carbocycles. The first-order valence-corrected chi connectivity index (χ1v) is 17.8. The van der Waals surface area contributed by atoms with Gasteiger partial charge in [0.15, 0.2) is 0 Å². The fraction of sp³-hybridized carbons (Fsp3) is 0.302. The molecular weight excluding hydrogens is 664 g/mol. The second-order valence-corrected chi connectivity index (χ2v) is 13.4. The molecule has 3 unspecified atom stereocenters. The van der Waals surface area contributed by atoms with Crippen LogP contribution in [0.1, 0.15) is 40.3 Å². The quantitative estimate of drug-likeness (QED) is 0.118. The summed E-state index contributed by atoms with van der Waals surface area (Å²) in [5, 5.41) is 11.8. The zero-order chi connectivity index (χ0) is 35.1. The van der Waals surface area contributed by atoms with E-state index in [-0.39, 0.29) is 26.4 Å². The molecule has 7 rings (SSSR count). The van der Waals surface area contributed by atoms with Crippen molar-refractivity contribution in [2.24, 2.45) is 0 Å². The van der Waals surface area contributed by atoms with Crippen molar-refractivity contribution in [3.63, 3.8) is 0 Å². The topological polar surface area (TPSA) is 75.6 Å². The Bertz CT molecular complexity index is 1840. The molecule has 2 aliphatic heterocycles. The smallest absolute Gasteiger partial charge is 0.225 e. The van der Waals surface area contributed by atoms with E-state index in [2.05, 4.69) is 0 Å². The van der Waals surface area contributed by atoms with E-state index < -0.39 is 29.7 Å². The van der Waals surface area contributed by atoms with E-state index in [1.54, 1.807) is 0 Å². The molecule has 5 aromatic carbocycles. The van der Waals surface area contributed by atoms with Crippen molar-refractivity contribution in [2.45, 2.75) is 62.9 Å². The van der Waals surface area contributed by atoms with Crippen LogP contribution >= 0.6 is 11.6 Å². The van der Waals surface area contributed by atoms with Crippen LogP contribution in [0.2, 0.25) is 5.02 Å². The number of rotatable bonds is 15. The molecule has 0 saturated carbocycles. The van der Waals surface area contributed by atoms with E-state index in [1.165, 1.54) is 0 Å². The predicted octanol–water partition coefficient (Wildman–Crippen LogP) is 8.03. The molecule has 51 heavy (non-hydrogen) atoms. The highest BCUT2D eigenvalue weighted by atomic mass is 35.5. The van der Waals surface area contributed by atoms with Crippen molar-refractivity contribution in [1.29, 1.82) is 0 Å². The van der Waals surface area contributed by atoms with Crippen LogP contribution in [-0.2, 0) is 55.7 Å². The van der Waals surface area contributed by atoms with Gasteiger partial charge in [0.1, 0.15) is 29.7 Å². The Morgan fingerprint density at radius 1 is 0.686 bits per heavy atom. The third-order valence-corrected chi connectivity index (χ3v) is 9.92. The molecule has 0 amide bonds. The van der Waals surface area contributed by atoms with E-state index in [1.807, 2.05) is 140 Å². The van der Waals surface area contributed by atoms with Crippen LogP contribution in [0.15, 0.2) is 133 Å². The molecule has 2 fully saturated rings. The lowest BCUT2D eigenvalue weighted by molar-refractivity contribution is -0.353. The number of aliphatic hydroxyl groups is 1. The summed E-state index contributed by atoms with van der Waals surface area (Å²) >= 11 is 6.84. The summed E-state index contributed by atoms with van der Waals surface area (Å²) in [6, 6.07) is 43.7. The van der Waals surface area contributed by atoms with Gasteiger partial charge in [-0.3, -0.25) is 0 Å². The number of hydrogen-bond acceptors (Lipinski definition) is 7. The van der Waals surface area contributed by atoms with Crippen molar-refractivity contribution in [2.75, 3.05) is 19.8 Å². The van der Waals surface area contributed by atoms with Crippen LogP contribution in [0.3, 0.4) is 0 Å². The van der Waals surface area contributed by atoms with Crippen LogP contribution in [0, 0.1) is 0 Å². The Kier molecular flexibility index (Phi) is 11.2. The van der Waals surface area contributed by atoms with E-state index in [9.17, 15) is 5.11 Å².